The van der Waals surface area contributed by atoms with Gasteiger partial charge in [0.25, 0.3) is 0 Å². The molecular weight excluding hydrogens is 386 g/mol. The predicted octanol–water partition coefficient (Wildman–Crippen LogP) is 3.70. The minimum atomic E-state index is -0.731. The number of benzene rings is 1. The van der Waals surface area contributed by atoms with Crippen LogP contribution < -0.4 is 14.2 Å². The maximum atomic E-state index is 13.3. The topological polar surface area (TPSA) is 83.4 Å². The molecule has 3 rings (SSSR count). The molecule has 0 amide bonds. The van der Waals surface area contributed by atoms with Crippen LogP contribution in [0.5, 0.6) is 17.2 Å². The number of nitrogens with zero attached hydrogens (tertiary/aromatic N) is 1. The lowest BCUT2D eigenvalue weighted by atomic mass is 9.66. The quantitative estimate of drug-likeness (QED) is 0.682. The van der Waals surface area contributed by atoms with Crippen LogP contribution in [0.4, 0.5) is 0 Å². The SMILES string of the molecule is COC(=O)C1C(C)=NC2=C(C(=O)CC(C)(C)C2)[C@H]1c1ccc(OC)c(OC)c1OC. The van der Waals surface area contributed by atoms with Gasteiger partial charge in [-0.1, -0.05) is 19.9 Å². The summed E-state index contributed by atoms with van der Waals surface area (Å²) in [5.41, 5.74) is 2.38. The van der Waals surface area contributed by atoms with Crippen molar-refractivity contribution in [1.29, 1.82) is 0 Å². The second-order valence-electron chi connectivity index (χ2n) is 8.46. The van der Waals surface area contributed by atoms with Crippen LogP contribution in [0.25, 0.3) is 0 Å². The average Bonchev–Trinajstić information content (AvgIpc) is 2.69. The van der Waals surface area contributed by atoms with Gasteiger partial charge in [-0.2, -0.15) is 0 Å². The van der Waals surface area contributed by atoms with E-state index in [-0.39, 0.29) is 11.2 Å². The van der Waals surface area contributed by atoms with Gasteiger partial charge in [-0.05, 0) is 24.8 Å². The molecule has 162 valence electrons. The molecule has 2 atom stereocenters. The summed E-state index contributed by atoms with van der Waals surface area (Å²) in [6.45, 7) is 5.91. The van der Waals surface area contributed by atoms with Crippen LogP contribution in [0.3, 0.4) is 0 Å². The van der Waals surface area contributed by atoms with Gasteiger partial charge in [-0.25, -0.2) is 0 Å². The van der Waals surface area contributed by atoms with Crippen molar-refractivity contribution >= 4 is 17.5 Å². The molecule has 0 aromatic heterocycles. The molecule has 1 heterocycles. The van der Waals surface area contributed by atoms with E-state index < -0.39 is 17.8 Å². The third-order valence-electron chi connectivity index (χ3n) is 5.83. The normalized spacial score (nSPS) is 22.8. The van der Waals surface area contributed by atoms with Crippen LogP contribution in [0.1, 0.15) is 45.1 Å². The smallest absolute Gasteiger partial charge is 0.315 e. The summed E-state index contributed by atoms with van der Waals surface area (Å²) in [7, 11) is 5.93. The Kier molecular flexibility index (Phi) is 5.92. The maximum Gasteiger partial charge on any atom is 0.315 e. The molecule has 7 nitrogen and oxygen atoms in total. The first kappa shape index (κ1) is 21.9. The van der Waals surface area contributed by atoms with Crippen LogP contribution in [-0.2, 0) is 14.3 Å². The summed E-state index contributed by atoms with van der Waals surface area (Å²) in [5.74, 6) is -0.425. The summed E-state index contributed by atoms with van der Waals surface area (Å²) in [6, 6.07) is 3.57. The summed E-state index contributed by atoms with van der Waals surface area (Å²) < 4.78 is 21.7. The number of rotatable bonds is 5. The van der Waals surface area contributed by atoms with E-state index in [4.69, 9.17) is 18.9 Å². The Bertz CT molecular complexity index is 943. The van der Waals surface area contributed by atoms with Gasteiger partial charge in [0, 0.05) is 34.9 Å². The molecule has 0 spiro atoms. The Balaban J connectivity index is 2.31. The predicted molar refractivity (Wildman–Crippen MR) is 113 cm³/mol. The van der Waals surface area contributed by atoms with Crippen molar-refractivity contribution in [2.24, 2.45) is 16.3 Å². The molecule has 2 aliphatic rings. The Morgan fingerprint density at radius 2 is 1.70 bits per heavy atom. The highest BCUT2D eigenvalue weighted by molar-refractivity contribution is 6.09. The fourth-order valence-electron chi connectivity index (χ4n) is 4.58. The van der Waals surface area contributed by atoms with Crippen molar-refractivity contribution in [3.05, 3.63) is 29.0 Å². The number of aliphatic imine (C=N–C) groups is 1. The Labute approximate surface area is 177 Å². The summed E-state index contributed by atoms with van der Waals surface area (Å²) in [5, 5.41) is 0. The first-order chi connectivity index (χ1) is 14.2. The van der Waals surface area contributed by atoms with Gasteiger partial charge in [-0.3, -0.25) is 14.6 Å². The van der Waals surface area contributed by atoms with E-state index >= 15 is 0 Å². The number of ketones is 1. The van der Waals surface area contributed by atoms with E-state index in [0.29, 0.717) is 46.9 Å². The molecule has 7 heteroatoms. The number of allylic oxidation sites excluding steroid dienone is 2. The van der Waals surface area contributed by atoms with Gasteiger partial charge >= 0.3 is 5.97 Å². The van der Waals surface area contributed by atoms with E-state index in [1.54, 1.807) is 20.1 Å². The van der Waals surface area contributed by atoms with E-state index in [9.17, 15) is 9.59 Å². The van der Waals surface area contributed by atoms with Gasteiger partial charge < -0.3 is 18.9 Å². The van der Waals surface area contributed by atoms with Crippen LogP contribution in [0.2, 0.25) is 0 Å². The van der Waals surface area contributed by atoms with Crippen molar-refractivity contribution in [2.45, 2.75) is 39.5 Å². The molecule has 0 radical (unpaired) electrons. The van der Waals surface area contributed by atoms with E-state index in [0.717, 1.165) is 5.70 Å². The zero-order valence-corrected chi connectivity index (χ0v) is 18.6. The van der Waals surface area contributed by atoms with E-state index in [1.807, 2.05) is 6.07 Å². The summed E-state index contributed by atoms with van der Waals surface area (Å²) >= 11 is 0. The molecule has 0 fully saturated rings. The van der Waals surface area contributed by atoms with Crippen LogP contribution in [0.15, 0.2) is 28.4 Å². The molecule has 1 aliphatic carbocycles. The van der Waals surface area contributed by atoms with Crippen molar-refractivity contribution < 1.29 is 28.5 Å². The molecule has 1 unspecified atom stereocenters. The third-order valence-corrected chi connectivity index (χ3v) is 5.83. The van der Waals surface area contributed by atoms with Gasteiger partial charge in [0.15, 0.2) is 17.3 Å². The third kappa shape index (κ3) is 3.57. The molecule has 0 N–H and O–H groups in total. The minimum Gasteiger partial charge on any atom is -0.493 e. The Morgan fingerprint density at radius 1 is 1.03 bits per heavy atom. The van der Waals surface area contributed by atoms with E-state index in [1.165, 1.54) is 21.3 Å². The summed E-state index contributed by atoms with van der Waals surface area (Å²) in [6.07, 6.45) is 1.05. The number of carbonyl (C=O) groups excluding carboxylic acids is 2. The average molecular weight is 415 g/mol. The maximum absolute atomic E-state index is 13.3. The molecule has 1 aliphatic heterocycles. The second-order valence-corrected chi connectivity index (χ2v) is 8.46. The lowest BCUT2D eigenvalue weighted by molar-refractivity contribution is -0.143. The van der Waals surface area contributed by atoms with Gasteiger partial charge in [0.2, 0.25) is 5.75 Å². The molecule has 0 saturated carbocycles. The van der Waals surface area contributed by atoms with Crippen LogP contribution in [0, 0.1) is 11.3 Å². The van der Waals surface area contributed by atoms with Crippen LogP contribution in [-0.4, -0.2) is 45.9 Å². The van der Waals surface area contributed by atoms with Crippen molar-refractivity contribution in [2.75, 3.05) is 28.4 Å². The Morgan fingerprint density at radius 3 is 2.27 bits per heavy atom. The molecule has 1 aromatic carbocycles. The lowest BCUT2D eigenvalue weighted by Gasteiger charge is -2.39. The van der Waals surface area contributed by atoms with Gasteiger partial charge in [0.05, 0.1) is 28.4 Å². The second kappa shape index (κ2) is 8.13. The minimum absolute atomic E-state index is 0.00626. The molecule has 1 aromatic rings. The monoisotopic (exact) mass is 415 g/mol. The van der Waals surface area contributed by atoms with Gasteiger partial charge in [-0.15, -0.1) is 0 Å². The number of carbonyl (C=O) groups is 2. The summed E-state index contributed by atoms with van der Waals surface area (Å²) in [4.78, 5) is 30.8. The van der Waals surface area contributed by atoms with Crippen molar-refractivity contribution in [1.82, 2.24) is 0 Å². The van der Waals surface area contributed by atoms with Crippen molar-refractivity contribution in [3.8, 4) is 17.2 Å². The largest absolute Gasteiger partial charge is 0.493 e. The zero-order valence-electron chi connectivity index (χ0n) is 18.6. The zero-order chi connectivity index (χ0) is 22.2. The molecule has 30 heavy (non-hydrogen) atoms. The highest BCUT2D eigenvalue weighted by atomic mass is 16.5. The fourth-order valence-corrected chi connectivity index (χ4v) is 4.58. The lowest BCUT2D eigenvalue weighted by Crippen LogP contribution is -2.39. The number of methoxy groups -OCH3 is 4. The number of hydrogen-bond donors (Lipinski definition) is 0. The molecular formula is C23H29NO6. The first-order valence-electron chi connectivity index (χ1n) is 9.87. The van der Waals surface area contributed by atoms with Gasteiger partial charge in [0.1, 0.15) is 5.92 Å². The standard InChI is InChI=1S/C23H29NO6/c1-12-17(22(26)30-7)18(19-14(24-12)10-23(2,3)11-15(19)25)13-8-9-16(27-4)21(29-6)20(13)28-5/h8-9,17-18H,10-11H2,1-7H3/t17?,18-/m0/s1. The molecule has 0 bridgehead atoms. The fraction of sp³-hybridized carbons (Fsp3) is 0.522. The molecule has 0 saturated heterocycles. The van der Waals surface area contributed by atoms with Crippen molar-refractivity contribution in [3.63, 3.8) is 0 Å². The highest BCUT2D eigenvalue weighted by Crippen LogP contribution is 2.52. The highest BCUT2D eigenvalue weighted by Gasteiger charge is 2.47. The first-order valence-corrected chi connectivity index (χ1v) is 9.87. The number of ether oxygens (including phenoxy) is 4. The number of Topliss-reactive ketones (excluding diaryl/α,β-unsaturated/α-hetero) is 1. The van der Waals surface area contributed by atoms with E-state index in [2.05, 4.69) is 18.8 Å². The Hall–Kier alpha value is -2.83. The number of esters is 1. The number of hydrogen-bond acceptors (Lipinski definition) is 7. The van der Waals surface area contributed by atoms with Crippen LogP contribution >= 0.6 is 0 Å².